The van der Waals surface area contributed by atoms with Gasteiger partial charge in [0.05, 0.1) is 267 Å². The van der Waals surface area contributed by atoms with Gasteiger partial charge in [-0.2, -0.15) is 0 Å². The fourth-order valence-corrected chi connectivity index (χ4v) is 15.4. The van der Waals surface area contributed by atoms with Gasteiger partial charge in [0.25, 0.3) is 0 Å². The fourth-order valence-electron chi connectivity index (χ4n) is 15.4. The normalized spacial score (nSPS) is 26.5. The number of carbonyl (C=O) groups excluding carboxylic acids is 5. The second-order valence-corrected chi connectivity index (χ2v) is 34.4. The minimum atomic E-state index is -1.35. The molecule has 3 aromatic heterocycles. The summed E-state index contributed by atoms with van der Waals surface area (Å²) < 4.78 is 139. The summed E-state index contributed by atoms with van der Waals surface area (Å²) in [6.45, 7) is 18.6. The number of unbranched alkanes of at least 4 members (excludes halogenated alkanes) is 4. The number of aliphatic hydroxyl groups excluding tert-OH is 6. The lowest BCUT2D eigenvalue weighted by molar-refractivity contribution is -0.238. The van der Waals surface area contributed by atoms with Crippen LogP contribution in [0.2, 0.25) is 6.32 Å². The zero-order chi connectivity index (χ0) is 93.5. The standard InChI is InChI=1S/C82H139BN14O34/c1-57(98)85-65-68(103)71(106)80(54-124-74(65)127-80)51-118-39-36-115-33-30-112-27-24-109-21-18-95-42-60(89-92-95)45-121-48-79(88-64(102)15-11-9-13-17-84-63(101)14-10-8-12-16-83-130-77(4,5)78(6,7)131-83,49-122-46-61-43-96(93-90-61)19-22-110-25-28-113-31-34-116-37-40-119-52-81-55-125-75(128-81)66(86-58(2)99)69(104)72(81)107)50-123-47-62-44-97(94-91-62)20-23-111-26-29-114-32-35-117-38-41-120-53-82-56-126-76(129-82)67(87-59(3)100)70(105)73(82)108/h42-44,65-76,103-108H,8-41,45-56H2,1-7H3,(H,84,101)(H,85,98)(H,86,99)(H,87,100)(H,88,102)/t65-,66-,67-,68-,69-,70-,71-,72-,73-,74+,75+,76+,80+,81+,82+/m1/s1. The van der Waals surface area contributed by atoms with Gasteiger partial charge >= 0.3 is 7.12 Å². The second kappa shape index (κ2) is 54.6. The van der Waals surface area contributed by atoms with Crippen molar-refractivity contribution in [3.05, 3.63) is 35.7 Å². The SMILES string of the molecule is CC(=O)N[C@H]1[C@H]2OC[C@](COCCOCCOCCOCCn3cc(COCC(COCc4cn(CCOCCOCCOCCOC[C@@]56CO[C@@H](O5)[C@H](NC(C)=O)[C@@H](O)[C@H]6O)nn4)(COCc4cn(CCOCCOCCOCCOC[C@@]56CO[C@@H](O5)[C@H](NC(C)=O)[C@@H](O)[C@H]6O)nn4)NC(=O)CCCCCNC(=O)CCCCCB4OC(C)(C)C(C)(C)O4)nn3)(O2)[C@H](O)[C@@H]1O. The molecule has 5 amide bonds. The molecule has 3 aromatic rings. The van der Waals surface area contributed by atoms with Crippen molar-refractivity contribution in [1.29, 1.82) is 0 Å². The van der Waals surface area contributed by atoms with Crippen molar-refractivity contribution in [1.82, 2.24) is 71.6 Å². The molecule has 48 nitrogen and oxygen atoms in total. The van der Waals surface area contributed by atoms with E-state index in [0.717, 1.165) is 25.6 Å². The molecular formula is C82H139BN14O34. The van der Waals surface area contributed by atoms with Gasteiger partial charge in [-0.1, -0.05) is 34.9 Å². The van der Waals surface area contributed by atoms with Gasteiger partial charge in [0, 0.05) is 40.2 Å². The Morgan fingerprint density at radius 2 is 0.702 bits per heavy atom. The van der Waals surface area contributed by atoms with Crippen LogP contribution in [0.4, 0.5) is 0 Å². The number of aromatic nitrogens is 9. The quantitative estimate of drug-likeness (QED) is 0.0189. The van der Waals surface area contributed by atoms with Crippen LogP contribution in [0.5, 0.6) is 0 Å². The van der Waals surface area contributed by atoms with Gasteiger partial charge in [0.2, 0.25) is 29.5 Å². The summed E-state index contributed by atoms with van der Waals surface area (Å²) in [6, 6.07) is -2.74. The van der Waals surface area contributed by atoms with E-state index in [1.165, 1.54) is 20.8 Å². The molecule has 6 bridgehead atoms. The smallest absolute Gasteiger partial charge is 0.403 e. The second-order valence-electron chi connectivity index (χ2n) is 34.4. The highest BCUT2D eigenvalue weighted by molar-refractivity contribution is 6.45. The molecule has 7 aliphatic rings. The number of ether oxygens (including phenoxy) is 21. The van der Waals surface area contributed by atoms with E-state index in [0.29, 0.717) is 148 Å². The van der Waals surface area contributed by atoms with Crippen molar-refractivity contribution in [2.75, 3.05) is 205 Å². The molecule has 7 fully saturated rings. The number of carbonyl (C=O) groups is 5. The lowest BCUT2D eigenvalue weighted by atomic mass is 9.82. The summed E-state index contributed by atoms with van der Waals surface area (Å²) in [5, 5.41) is 104. The van der Waals surface area contributed by atoms with Gasteiger partial charge in [-0.15, -0.1) is 15.3 Å². The van der Waals surface area contributed by atoms with Gasteiger partial charge in [0.1, 0.15) is 94.2 Å². The zero-order valence-electron chi connectivity index (χ0n) is 76.4. The molecule has 49 heteroatoms. The third-order valence-corrected chi connectivity index (χ3v) is 23.1. The molecule has 744 valence electrons. The van der Waals surface area contributed by atoms with Gasteiger partial charge in [0.15, 0.2) is 18.9 Å². The van der Waals surface area contributed by atoms with E-state index in [2.05, 4.69) is 57.5 Å². The molecule has 10 heterocycles. The monoisotopic (exact) mass is 1870 g/mol. The van der Waals surface area contributed by atoms with Crippen LogP contribution in [0, 0.1) is 0 Å². The summed E-state index contributed by atoms with van der Waals surface area (Å²) in [4.78, 5) is 62.0. The molecule has 7 aliphatic heterocycles. The van der Waals surface area contributed by atoms with Gasteiger partial charge < -0.3 is 166 Å². The average molecular weight is 1880 g/mol. The maximum Gasteiger partial charge on any atom is 0.457 e. The van der Waals surface area contributed by atoms with Crippen molar-refractivity contribution in [2.45, 2.75) is 253 Å². The van der Waals surface area contributed by atoms with E-state index >= 15 is 0 Å². The number of hydrogen-bond acceptors (Lipinski definition) is 40. The predicted octanol–water partition coefficient (Wildman–Crippen LogP) is -4.15. The Morgan fingerprint density at radius 1 is 0.405 bits per heavy atom. The van der Waals surface area contributed by atoms with Crippen molar-refractivity contribution in [3.63, 3.8) is 0 Å². The fraction of sp³-hybridized carbons (Fsp3) is 0.866. The molecule has 15 atom stereocenters. The van der Waals surface area contributed by atoms with E-state index in [1.807, 2.05) is 27.7 Å². The van der Waals surface area contributed by atoms with Crippen LogP contribution in [0.3, 0.4) is 0 Å². The summed E-state index contributed by atoms with van der Waals surface area (Å²) in [5.41, 5.74) is -4.45. The molecule has 131 heavy (non-hydrogen) atoms. The van der Waals surface area contributed by atoms with Crippen LogP contribution >= 0.6 is 0 Å². The first-order valence-electron chi connectivity index (χ1n) is 45.2. The highest BCUT2D eigenvalue weighted by Crippen LogP contribution is 2.41. The Kier molecular flexibility index (Phi) is 44.5. The highest BCUT2D eigenvalue weighted by Gasteiger charge is 2.62. The first-order chi connectivity index (χ1) is 63.1. The number of hydrogen-bond donors (Lipinski definition) is 11. The van der Waals surface area contributed by atoms with Crippen molar-refractivity contribution in [2.24, 2.45) is 0 Å². The van der Waals surface area contributed by atoms with Crippen molar-refractivity contribution in [3.8, 4) is 0 Å². The molecule has 0 saturated carbocycles. The minimum absolute atomic E-state index is 0.0172. The van der Waals surface area contributed by atoms with Crippen molar-refractivity contribution >= 4 is 36.7 Å². The first-order valence-corrected chi connectivity index (χ1v) is 45.2. The van der Waals surface area contributed by atoms with E-state index in [4.69, 9.17) is 109 Å². The zero-order valence-corrected chi connectivity index (χ0v) is 76.4. The summed E-state index contributed by atoms with van der Waals surface area (Å²) in [5.74, 6) is -1.50. The van der Waals surface area contributed by atoms with Crippen LogP contribution in [-0.4, -0.2) is 424 Å². The van der Waals surface area contributed by atoms with Gasteiger partial charge in [-0.25, -0.2) is 14.0 Å². The van der Waals surface area contributed by atoms with E-state index in [1.54, 1.807) is 32.6 Å². The average Bonchev–Trinajstić information content (AvgIpc) is 1.61. The minimum Gasteiger partial charge on any atom is -0.403 e. The number of nitrogens with one attached hydrogen (secondary N) is 5. The van der Waals surface area contributed by atoms with Crippen molar-refractivity contribution < 1.29 is 163 Å². The molecular weight excluding hydrogens is 1740 g/mol. The lowest BCUT2D eigenvalue weighted by Crippen LogP contribution is -2.66. The van der Waals surface area contributed by atoms with Crippen LogP contribution in [-0.2, 0) is 172 Å². The maximum absolute atomic E-state index is 14.3. The Labute approximate surface area is 761 Å². The summed E-state index contributed by atoms with van der Waals surface area (Å²) >= 11 is 0. The van der Waals surface area contributed by atoms with Crippen LogP contribution < -0.4 is 26.6 Å². The molecule has 0 unspecified atom stereocenters. The van der Waals surface area contributed by atoms with E-state index in [9.17, 15) is 54.6 Å². The number of amides is 5. The highest BCUT2D eigenvalue weighted by atomic mass is 16.8. The van der Waals surface area contributed by atoms with E-state index < -0.39 is 114 Å². The number of rotatable bonds is 70. The Hall–Kier alpha value is -6.33. The summed E-state index contributed by atoms with van der Waals surface area (Å²) in [6.07, 6.45) is 0.0819. The Bertz CT molecular complexity index is 3510. The Balaban J connectivity index is 0.655. The molecule has 11 N–H and O–H groups in total. The molecule has 0 aromatic carbocycles. The molecule has 0 spiro atoms. The molecule has 0 radical (unpaired) electrons. The number of aliphatic hydroxyl groups is 6. The first kappa shape index (κ1) is 107. The predicted molar refractivity (Wildman–Crippen MR) is 450 cm³/mol. The van der Waals surface area contributed by atoms with Crippen LogP contribution in [0.1, 0.15) is 117 Å². The number of fused-ring (bicyclic) bond motifs is 6. The molecule has 10 rings (SSSR count). The Morgan fingerprint density at radius 3 is 1.02 bits per heavy atom. The molecule has 7 saturated heterocycles. The van der Waals surface area contributed by atoms with Gasteiger partial charge in [-0.3, -0.25) is 24.0 Å². The largest absolute Gasteiger partial charge is 0.457 e. The van der Waals surface area contributed by atoms with Crippen LogP contribution in [0.25, 0.3) is 0 Å². The summed E-state index contributed by atoms with van der Waals surface area (Å²) in [7, 11) is -0.267. The third-order valence-electron chi connectivity index (χ3n) is 23.1. The molecule has 0 aliphatic carbocycles. The lowest BCUT2D eigenvalue weighted by Gasteiger charge is -2.42. The number of nitrogens with zero attached hydrogens (tertiary/aromatic N) is 9. The topological polar surface area (TPSA) is 571 Å². The maximum atomic E-state index is 14.3. The van der Waals surface area contributed by atoms with Crippen LogP contribution in [0.15, 0.2) is 18.6 Å². The third kappa shape index (κ3) is 33.8. The van der Waals surface area contributed by atoms with Gasteiger partial charge in [-0.05, 0) is 53.3 Å². The van der Waals surface area contributed by atoms with E-state index in [-0.39, 0.29) is 175 Å².